The van der Waals surface area contributed by atoms with Crippen LogP contribution in [0.3, 0.4) is 0 Å². The Morgan fingerprint density at radius 3 is 3.08 bits per heavy atom. The molecule has 1 unspecified atom stereocenters. The quantitative estimate of drug-likeness (QED) is 0.727. The maximum atomic E-state index is 5.80. The zero-order chi connectivity index (χ0) is 8.55. The van der Waals surface area contributed by atoms with Gasteiger partial charge in [-0.05, 0) is 23.9 Å². The standard InChI is InChI=1S/C9H10N2S/c1-6(10)8-4-11-5-9-7(8)2-3-12-9/h2-6H,10H2,1H3. The van der Waals surface area contributed by atoms with Gasteiger partial charge in [0.1, 0.15) is 0 Å². The molecule has 0 aliphatic heterocycles. The van der Waals surface area contributed by atoms with Gasteiger partial charge in [-0.25, -0.2) is 0 Å². The highest BCUT2D eigenvalue weighted by Crippen LogP contribution is 2.25. The Morgan fingerprint density at radius 2 is 2.33 bits per heavy atom. The van der Waals surface area contributed by atoms with Crippen LogP contribution in [0.5, 0.6) is 0 Å². The summed E-state index contributed by atoms with van der Waals surface area (Å²) in [5, 5.41) is 3.31. The minimum atomic E-state index is 0.0656. The Hall–Kier alpha value is -0.930. The predicted molar refractivity (Wildman–Crippen MR) is 52.2 cm³/mol. The molecule has 2 heterocycles. The zero-order valence-electron chi connectivity index (χ0n) is 6.82. The maximum absolute atomic E-state index is 5.80. The molecular weight excluding hydrogens is 168 g/mol. The van der Waals surface area contributed by atoms with Crippen LogP contribution in [-0.2, 0) is 0 Å². The fraction of sp³-hybridized carbons (Fsp3) is 0.222. The molecule has 1 atom stereocenters. The number of aromatic nitrogens is 1. The summed E-state index contributed by atoms with van der Waals surface area (Å²) in [5.41, 5.74) is 6.94. The molecule has 0 amide bonds. The van der Waals surface area contributed by atoms with Gasteiger partial charge in [0.2, 0.25) is 0 Å². The molecule has 0 fully saturated rings. The third-order valence-corrected chi connectivity index (χ3v) is 2.75. The van der Waals surface area contributed by atoms with Crippen LogP contribution in [0.2, 0.25) is 0 Å². The average Bonchev–Trinajstić information content (AvgIpc) is 2.49. The molecule has 0 aliphatic rings. The van der Waals surface area contributed by atoms with E-state index in [9.17, 15) is 0 Å². The summed E-state index contributed by atoms with van der Waals surface area (Å²) in [7, 11) is 0. The topological polar surface area (TPSA) is 38.9 Å². The van der Waals surface area contributed by atoms with E-state index in [1.807, 2.05) is 19.3 Å². The van der Waals surface area contributed by atoms with Gasteiger partial charge in [0.15, 0.2) is 0 Å². The second-order valence-corrected chi connectivity index (χ2v) is 3.80. The first kappa shape index (κ1) is 7.71. The van der Waals surface area contributed by atoms with Crippen LogP contribution in [0.4, 0.5) is 0 Å². The highest BCUT2D eigenvalue weighted by Gasteiger charge is 2.05. The lowest BCUT2D eigenvalue weighted by molar-refractivity contribution is 0.821. The van der Waals surface area contributed by atoms with Crippen molar-refractivity contribution in [3.8, 4) is 0 Å². The number of rotatable bonds is 1. The van der Waals surface area contributed by atoms with E-state index in [2.05, 4.69) is 16.4 Å². The van der Waals surface area contributed by atoms with Crippen LogP contribution >= 0.6 is 11.3 Å². The SMILES string of the molecule is CC(N)c1cncc2sccc12. The summed E-state index contributed by atoms with van der Waals surface area (Å²) in [6.07, 6.45) is 3.73. The molecule has 0 aliphatic carbocycles. The van der Waals surface area contributed by atoms with Gasteiger partial charge < -0.3 is 5.73 Å². The molecule has 0 radical (unpaired) electrons. The van der Waals surface area contributed by atoms with Crippen molar-refractivity contribution in [2.75, 3.05) is 0 Å². The van der Waals surface area contributed by atoms with Gasteiger partial charge >= 0.3 is 0 Å². The van der Waals surface area contributed by atoms with Crippen LogP contribution in [0.1, 0.15) is 18.5 Å². The second kappa shape index (κ2) is 2.84. The van der Waals surface area contributed by atoms with Crippen molar-refractivity contribution in [3.63, 3.8) is 0 Å². The van der Waals surface area contributed by atoms with E-state index in [0.717, 1.165) is 5.56 Å². The van der Waals surface area contributed by atoms with E-state index in [1.54, 1.807) is 11.3 Å². The zero-order valence-corrected chi connectivity index (χ0v) is 7.64. The smallest absolute Gasteiger partial charge is 0.0529 e. The van der Waals surface area contributed by atoms with Crippen LogP contribution in [-0.4, -0.2) is 4.98 Å². The summed E-state index contributed by atoms with van der Waals surface area (Å²) in [6, 6.07) is 2.16. The molecule has 0 spiro atoms. The molecule has 2 rings (SSSR count). The molecule has 0 aromatic carbocycles. The van der Waals surface area contributed by atoms with E-state index in [4.69, 9.17) is 5.73 Å². The van der Waals surface area contributed by atoms with Crippen LogP contribution < -0.4 is 5.73 Å². The number of thiophene rings is 1. The van der Waals surface area contributed by atoms with Gasteiger partial charge in [-0.2, -0.15) is 0 Å². The molecule has 12 heavy (non-hydrogen) atoms. The highest BCUT2D eigenvalue weighted by molar-refractivity contribution is 7.17. The molecule has 2 aromatic heterocycles. The van der Waals surface area contributed by atoms with Crippen molar-refractivity contribution in [1.82, 2.24) is 4.98 Å². The lowest BCUT2D eigenvalue weighted by atomic mass is 10.1. The second-order valence-electron chi connectivity index (χ2n) is 2.85. The molecular formula is C9H10N2S. The predicted octanol–water partition coefficient (Wildman–Crippen LogP) is 2.32. The first-order valence-electron chi connectivity index (χ1n) is 3.85. The Morgan fingerprint density at radius 1 is 1.50 bits per heavy atom. The summed E-state index contributed by atoms with van der Waals surface area (Å²) in [4.78, 5) is 4.14. The normalized spacial score (nSPS) is 13.5. The van der Waals surface area contributed by atoms with Gasteiger partial charge in [0.25, 0.3) is 0 Å². The molecule has 2 nitrogen and oxygen atoms in total. The van der Waals surface area contributed by atoms with Crippen molar-refractivity contribution in [3.05, 3.63) is 29.4 Å². The number of hydrogen-bond donors (Lipinski definition) is 1. The van der Waals surface area contributed by atoms with Crippen molar-refractivity contribution < 1.29 is 0 Å². The number of nitrogens with zero attached hydrogens (tertiary/aromatic N) is 1. The molecule has 2 N–H and O–H groups in total. The Bertz CT molecular complexity index is 392. The first-order valence-corrected chi connectivity index (χ1v) is 4.73. The van der Waals surface area contributed by atoms with Crippen molar-refractivity contribution in [2.24, 2.45) is 5.73 Å². The number of pyridine rings is 1. The summed E-state index contributed by atoms with van der Waals surface area (Å²) in [5.74, 6) is 0. The summed E-state index contributed by atoms with van der Waals surface area (Å²) < 4.78 is 1.21. The molecule has 2 aromatic rings. The summed E-state index contributed by atoms with van der Waals surface area (Å²) >= 11 is 1.70. The van der Waals surface area contributed by atoms with Crippen molar-refractivity contribution >= 4 is 21.4 Å². The highest BCUT2D eigenvalue weighted by atomic mass is 32.1. The van der Waals surface area contributed by atoms with Crippen molar-refractivity contribution in [1.29, 1.82) is 0 Å². The van der Waals surface area contributed by atoms with Crippen LogP contribution in [0, 0.1) is 0 Å². The summed E-state index contributed by atoms with van der Waals surface area (Å²) in [6.45, 7) is 1.98. The van der Waals surface area contributed by atoms with Gasteiger partial charge in [-0.3, -0.25) is 4.98 Å². The fourth-order valence-corrected chi connectivity index (χ4v) is 2.06. The molecule has 0 bridgehead atoms. The number of fused-ring (bicyclic) bond motifs is 1. The minimum Gasteiger partial charge on any atom is -0.324 e. The van der Waals surface area contributed by atoms with Gasteiger partial charge in [-0.1, -0.05) is 0 Å². The molecule has 0 saturated heterocycles. The number of hydrogen-bond acceptors (Lipinski definition) is 3. The third kappa shape index (κ3) is 1.11. The van der Waals surface area contributed by atoms with E-state index >= 15 is 0 Å². The lowest BCUT2D eigenvalue weighted by Crippen LogP contribution is -2.05. The first-order chi connectivity index (χ1) is 5.79. The van der Waals surface area contributed by atoms with Crippen molar-refractivity contribution in [2.45, 2.75) is 13.0 Å². The van der Waals surface area contributed by atoms with E-state index < -0.39 is 0 Å². The fourth-order valence-electron chi connectivity index (χ4n) is 1.28. The average molecular weight is 178 g/mol. The molecule has 62 valence electrons. The largest absolute Gasteiger partial charge is 0.324 e. The van der Waals surface area contributed by atoms with E-state index in [0.29, 0.717) is 0 Å². The minimum absolute atomic E-state index is 0.0656. The van der Waals surface area contributed by atoms with Gasteiger partial charge in [0.05, 0.1) is 4.70 Å². The van der Waals surface area contributed by atoms with Gasteiger partial charge in [0, 0.05) is 23.8 Å². The molecule has 3 heteroatoms. The van der Waals surface area contributed by atoms with Crippen LogP contribution in [0.25, 0.3) is 10.1 Å². The van der Waals surface area contributed by atoms with E-state index in [1.165, 1.54) is 10.1 Å². The lowest BCUT2D eigenvalue weighted by Gasteiger charge is -2.05. The number of nitrogens with two attached hydrogens (primary N) is 1. The van der Waals surface area contributed by atoms with Gasteiger partial charge in [-0.15, -0.1) is 11.3 Å². The third-order valence-electron chi connectivity index (χ3n) is 1.90. The van der Waals surface area contributed by atoms with E-state index in [-0.39, 0.29) is 6.04 Å². The monoisotopic (exact) mass is 178 g/mol. The van der Waals surface area contributed by atoms with Crippen LogP contribution in [0.15, 0.2) is 23.8 Å². The maximum Gasteiger partial charge on any atom is 0.0529 e. The Kier molecular flexibility index (Phi) is 1.83. The Balaban J connectivity index is 2.73. The molecule has 0 saturated carbocycles. The Labute approximate surface area is 75.0 Å².